The Kier molecular flexibility index (Phi) is 4.40. The first-order chi connectivity index (χ1) is 8.29. The topological polar surface area (TPSA) is 44.5 Å². The van der Waals surface area contributed by atoms with Crippen molar-refractivity contribution in [3.8, 4) is 5.75 Å². The molecule has 2 rings (SSSR count). The van der Waals surface area contributed by atoms with Crippen molar-refractivity contribution in [3.63, 3.8) is 0 Å². The zero-order chi connectivity index (χ0) is 12.1. The molecule has 0 aromatic heterocycles. The van der Waals surface area contributed by atoms with E-state index in [2.05, 4.69) is 18.2 Å². The average molecular weight is 235 g/mol. The fraction of sp³-hybridized carbons (Fsp3) is 0.571. The van der Waals surface area contributed by atoms with Crippen LogP contribution in [0.2, 0.25) is 0 Å². The summed E-state index contributed by atoms with van der Waals surface area (Å²) in [5.74, 6) is 0.953. The van der Waals surface area contributed by atoms with Gasteiger partial charge in [0.15, 0.2) is 0 Å². The van der Waals surface area contributed by atoms with Crippen LogP contribution in [0.15, 0.2) is 18.2 Å². The van der Waals surface area contributed by atoms with Crippen LogP contribution in [0.25, 0.3) is 0 Å². The minimum absolute atomic E-state index is 0.110. The van der Waals surface area contributed by atoms with Crippen LogP contribution < -0.4 is 10.5 Å². The van der Waals surface area contributed by atoms with Gasteiger partial charge in [-0.1, -0.05) is 6.07 Å². The smallest absolute Gasteiger partial charge is 0.119 e. The number of aryl methyl sites for hydroxylation is 2. The lowest BCUT2D eigenvalue weighted by Crippen LogP contribution is -2.22. The van der Waals surface area contributed by atoms with E-state index in [-0.39, 0.29) is 6.10 Å². The largest absolute Gasteiger partial charge is 0.491 e. The molecule has 0 amide bonds. The van der Waals surface area contributed by atoms with Crippen LogP contribution in [0, 0.1) is 0 Å². The van der Waals surface area contributed by atoms with Crippen molar-refractivity contribution in [2.24, 2.45) is 5.73 Å². The summed E-state index contributed by atoms with van der Waals surface area (Å²) in [6.45, 7) is 3.70. The van der Waals surface area contributed by atoms with Crippen LogP contribution >= 0.6 is 0 Å². The van der Waals surface area contributed by atoms with E-state index in [4.69, 9.17) is 15.2 Å². The summed E-state index contributed by atoms with van der Waals surface area (Å²) in [6.07, 6.45) is 3.79. The Morgan fingerprint density at radius 2 is 2.06 bits per heavy atom. The monoisotopic (exact) mass is 235 g/mol. The number of hydrogen-bond donors (Lipinski definition) is 1. The predicted molar refractivity (Wildman–Crippen MR) is 68.4 cm³/mol. The zero-order valence-electron chi connectivity index (χ0n) is 10.4. The molecule has 0 spiro atoms. The Hall–Kier alpha value is -1.06. The predicted octanol–water partition coefficient (Wildman–Crippen LogP) is 1.92. The fourth-order valence-electron chi connectivity index (χ4n) is 2.11. The van der Waals surface area contributed by atoms with Crippen molar-refractivity contribution in [1.82, 2.24) is 0 Å². The van der Waals surface area contributed by atoms with Crippen LogP contribution in [0.3, 0.4) is 0 Å². The summed E-state index contributed by atoms with van der Waals surface area (Å²) in [4.78, 5) is 0. The molecule has 94 valence electrons. The molecule has 0 bridgehead atoms. The van der Waals surface area contributed by atoms with Crippen molar-refractivity contribution >= 4 is 0 Å². The molecule has 1 aliphatic carbocycles. The van der Waals surface area contributed by atoms with E-state index in [1.807, 2.05) is 6.92 Å². The first-order valence-electron chi connectivity index (χ1n) is 6.36. The lowest BCUT2D eigenvalue weighted by atomic mass is 10.1. The Morgan fingerprint density at radius 1 is 1.24 bits per heavy atom. The number of benzene rings is 1. The molecule has 17 heavy (non-hydrogen) atoms. The SMILES string of the molecule is CC(CN)OCCOc1ccc2c(c1)CCC2. The second-order valence-electron chi connectivity index (χ2n) is 4.55. The molecule has 0 radical (unpaired) electrons. The maximum Gasteiger partial charge on any atom is 0.119 e. The van der Waals surface area contributed by atoms with Crippen LogP contribution in [0.1, 0.15) is 24.5 Å². The highest BCUT2D eigenvalue weighted by atomic mass is 16.5. The van der Waals surface area contributed by atoms with Gasteiger partial charge in [-0.3, -0.25) is 0 Å². The Balaban J connectivity index is 1.76. The van der Waals surface area contributed by atoms with Gasteiger partial charge in [0, 0.05) is 6.54 Å². The van der Waals surface area contributed by atoms with Crippen molar-refractivity contribution < 1.29 is 9.47 Å². The molecule has 0 saturated carbocycles. The minimum atomic E-state index is 0.110. The molecular weight excluding hydrogens is 214 g/mol. The zero-order valence-corrected chi connectivity index (χ0v) is 10.4. The molecule has 0 saturated heterocycles. The molecular formula is C14H21NO2. The highest BCUT2D eigenvalue weighted by Gasteiger charge is 2.11. The summed E-state index contributed by atoms with van der Waals surface area (Å²) in [5, 5.41) is 0. The van der Waals surface area contributed by atoms with Crippen molar-refractivity contribution in [2.45, 2.75) is 32.3 Å². The van der Waals surface area contributed by atoms with Crippen LogP contribution in [-0.4, -0.2) is 25.9 Å². The lowest BCUT2D eigenvalue weighted by molar-refractivity contribution is 0.0496. The van der Waals surface area contributed by atoms with Gasteiger partial charge in [0.05, 0.1) is 12.7 Å². The van der Waals surface area contributed by atoms with Gasteiger partial charge >= 0.3 is 0 Å². The van der Waals surface area contributed by atoms with Gasteiger partial charge in [0.1, 0.15) is 12.4 Å². The number of nitrogens with two attached hydrogens (primary N) is 1. The summed E-state index contributed by atoms with van der Waals surface area (Å²) in [7, 11) is 0. The third-order valence-corrected chi connectivity index (χ3v) is 3.16. The summed E-state index contributed by atoms with van der Waals surface area (Å²) < 4.78 is 11.1. The van der Waals surface area contributed by atoms with Crippen LogP contribution in [-0.2, 0) is 17.6 Å². The summed E-state index contributed by atoms with van der Waals surface area (Å²) in [6, 6.07) is 6.40. The summed E-state index contributed by atoms with van der Waals surface area (Å²) in [5.41, 5.74) is 8.38. The van der Waals surface area contributed by atoms with Gasteiger partial charge in [0.2, 0.25) is 0 Å². The number of fused-ring (bicyclic) bond motifs is 1. The Labute approximate surface area is 103 Å². The number of hydrogen-bond acceptors (Lipinski definition) is 3. The van der Waals surface area contributed by atoms with E-state index >= 15 is 0 Å². The molecule has 1 atom stereocenters. The molecule has 1 aromatic carbocycles. The third kappa shape index (κ3) is 3.45. The summed E-state index contributed by atoms with van der Waals surface area (Å²) >= 11 is 0. The Morgan fingerprint density at radius 3 is 2.88 bits per heavy atom. The van der Waals surface area contributed by atoms with E-state index in [0.29, 0.717) is 19.8 Å². The maximum absolute atomic E-state index is 5.66. The standard InChI is InChI=1S/C14H21NO2/c1-11(10-15)16-7-8-17-14-6-5-12-3-2-4-13(12)9-14/h5-6,9,11H,2-4,7-8,10,15H2,1H3. The molecule has 1 aromatic rings. The lowest BCUT2D eigenvalue weighted by Gasteiger charge is -2.12. The first kappa shape index (κ1) is 12.4. The van der Waals surface area contributed by atoms with Gasteiger partial charge in [-0.25, -0.2) is 0 Å². The number of ether oxygens (including phenoxy) is 2. The van der Waals surface area contributed by atoms with Gasteiger partial charge < -0.3 is 15.2 Å². The number of rotatable bonds is 6. The molecule has 0 heterocycles. The van der Waals surface area contributed by atoms with Gasteiger partial charge in [0.25, 0.3) is 0 Å². The van der Waals surface area contributed by atoms with E-state index in [0.717, 1.165) is 5.75 Å². The highest BCUT2D eigenvalue weighted by Crippen LogP contribution is 2.25. The normalized spacial score (nSPS) is 15.6. The molecule has 3 heteroatoms. The van der Waals surface area contributed by atoms with E-state index in [9.17, 15) is 0 Å². The molecule has 0 aliphatic heterocycles. The molecule has 1 unspecified atom stereocenters. The van der Waals surface area contributed by atoms with Gasteiger partial charge in [-0.05, 0) is 49.4 Å². The van der Waals surface area contributed by atoms with Gasteiger partial charge in [-0.15, -0.1) is 0 Å². The first-order valence-corrected chi connectivity index (χ1v) is 6.36. The highest BCUT2D eigenvalue weighted by molar-refractivity contribution is 5.38. The molecule has 0 fully saturated rings. The Bertz CT molecular complexity index is 365. The molecule has 2 N–H and O–H groups in total. The second-order valence-corrected chi connectivity index (χ2v) is 4.55. The van der Waals surface area contributed by atoms with Crippen molar-refractivity contribution in [2.75, 3.05) is 19.8 Å². The van der Waals surface area contributed by atoms with E-state index in [1.165, 1.54) is 30.4 Å². The van der Waals surface area contributed by atoms with E-state index < -0.39 is 0 Å². The fourth-order valence-corrected chi connectivity index (χ4v) is 2.11. The van der Waals surface area contributed by atoms with Crippen molar-refractivity contribution in [1.29, 1.82) is 0 Å². The van der Waals surface area contributed by atoms with Crippen LogP contribution in [0.5, 0.6) is 5.75 Å². The van der Waals surface area contributed by atoms with Gasteiger partial charge in [-0.2, -0.15) is 0 Å². The quantitative estimate of drug-likeness (QED) is 0.766. The molecule has 3 nitrogen and oxygen atoms in total. The second kappa shape index (κ2) is 6.03. The van der Waals surface area contributed by atoms with Crippen LogP contribution in [0.4, 0.5) is 0 Å². The molecule has 1 aliphatic rings. The maximum atomic E-state index is 5.66. The average Bonchev–Trinajstić information content (AvgIpc) is 2.81. The van der Waals surface area contributed by atoms with E-state index in [1.54, 1.807) is 0 Å². The third-order valence-electron chi connectivity index (χ3n) is 3.16. The van der Waals surface area contributed by atoms with Crippen molar-refractivity contribution in [3.05, 3.63) is 29.3 Å². The minimum Gasteiger partial charge on any atom is -0.491 e.